The lowest BCUT2D eigenvalue weighted by Crippen LogP contribution is -2.40. The van der Waals surface area contributed by atoms with Crippen molar-refractivity contribution in [3.63, 3.8) is 0 Å². The maximum Gasteiger partial charge on any atom is 0.312 e. The average Bonchev–Trinajstić information content (AvgIpc) is 2.88. The fourth-order valence-electron chi connectivity index (χ4n) is 3.93. The fraction of sp³-hybridized carbons (Fsp3) is 0.857. The predicted octanol–water partition coefficient (Wildman–Crippen LogP) is 2.27. The smallest absolute Gasteiger partial charge is 0.312 e. The van der Waals surface area contributed by atoms with Gasteiger partial charge in [-0.2, -0.15) is 0 Å². The molecule has 3 aliphatic rings. The molecule has 1 heterocycles. The van der Waals surface area contributed by atoms with E-state index < -0.39 is 5.79 Å². The van der Waals surface area contributed by atoms with Crippen molar-refractivity contribution in [2.24, 2.45) is 23.7 Å². The first kappa shape index (κ1) is 12.0. The Kier molecular flexibility index (Phi) is 2.65. The van der Waals surface area contributed by atoms with E-state index in [0.717, 1.165) is 25.7 Å². The van der Waals surface area contributed by atoms with Crippen LogP contribution in [0.2, 0.25) is 0 Å². The molecule has 3 rings (SSSR count). The Balaban J connectivity index is 1.73. The summed E-state index contributed by atoms with van der Waals surface area (Å²) in [5.74, 6) is -0.773. The Labute approximate surface area is 107 Å². The van der Waals surface area contributed by atoms with Gasteiger partial charge < -0.3 is 9.47 Å². The third-order valence-electron chi connectivity index (χ3n) is 4.77. The Bertz CT molecular complexity index is 391. The van der Waals surface area contributed by atoms with Crippen molar-refractivity contribution in [1.82, 2.24) is 0 Å². The summed E-state index contributed by atoms with van der Waals surface area (Å²) >= 11 is 0. The van der Waals surface area contributed by atoms with E-state index in [-0.39, 0.29) is 29.7 Å². The van der Waals surface area contributed by atoms with Crippen molar-refractivity contribution in [3.8, 4) is 0 Å². The molecule has 0 aromatic heterocycles. The molecule has 0 aromatic carbocycles. The molecule has 0 aromatic rings. The van der Waals surface area contributed by atoms with Crippen LogP contribution in [-0.4, -0.2) is 17.7 Å². The van der Waals surface area contributed by atoms with Gasteiger partial charge in [0.1, 0.15) is 0 Å². The van der Waals surface area contributed by atoms with E-state index in [9.17, 15) is 9.59 Å². The third-order valence-corrected chi connectivity index (χ3v) is 4.77. The Morgan fingerprint density at radius 3 is 3.00 bits per heavy atom. The minimum absolute atomic E-state index is 0.0157. The van der Waals surface area contributed by atoms with Gasteiger partial charge >= 0.3 is 11.9 Å². The molecule has 2 aliphatic carbocycles. The molecule has 3 fully saturated rings. The second kappa shape index (κ2) is 3.97. The molecular weight excluding hydrogens is 232 g/mol. The quantitative estimate of drug-likeness (QED) is 0.720. The highest BCUT2D eigenvalue weighted by molar-refractivity contribution is 5.78. The average molecular weight is 252 g/mol. The van der Waals surface area contributed by atoms with Crippen LogP contribution in [0.4, 0.5) is 0 Å². The van der Waals surface area contributed by atoms with Crippen molar-refractivity contribution in [2.75, 3.05) is 0 Å². The normalized spacial score (nSPS) is 41.9. The number of esters is 2. The molecular formula is C14H20O4. The number of hydrogen-bond acceptors (Lipinski definition) is 4. The van der Waals surface area contributed by atoms with E-state index in [4.69, 9.17) is 9.47 Å². The van der Waals surface area contributed by atoms with Crippen molar-refractivity contribution in [1.29, 1.82) is 0 Å². The standard InChI is InChI=1S/C14H20O4/c1-3-4-8(2)12(15)17-14-7-9-5-10(11(14)6-9)13(16)18-14/h8-11H,3-7H2,1-2H3. The molecule has 2 bridgehead atoms. The lowest BCUT2D eigenvalue weighted by atomic mass is 9.87. The summed E-state index contributed by atoms with van der Waals surface area (Å²) in [4.78, 5) is 23.8. The third kappa shape index (κ3) is 1.57. The second-order valence-electron chi connectivity index (χ2n) is 6.10. The molecule has 4 heteroatoms. The van der Waals surface area contributed by atoms with Crippen LogP contribution in [0.25, 0.3) is 0 Å². The Morgan fingerprint density at radius 2 is 2.33 bits per heavy atom. The van der Waals surface area contributed by atoms with Crippen LogP contribution in [0.1, 0.15) is 46.0 Å². The lowest BCUT2D eigenvalue weighted by molar-refractivity contribution is -0.225. The van der Waals surface area contributed by atoms with Crippen LogP contribution < -0.4 is 0 Å². The Morgan fingerprint density at radius 1 is 1.56 bits per heavy atom. The van der Waals surface area contributed by atoms with Gasteiger partial charge in [-0.25, -0.2) is 0 Å². The van der Waals surface area contributed by atoms with Crippen LogP contribution in [-0.2, 0) is 19.1 Å². The van der Waals surface area contributed by atoms with E-state index in [1.54, 1.807) is 0 Å². The summed E-state index contributed by atoms with van der Waals surface area (Å²) in [5.41, 5.74) is 0. The molecule has 5 atom stereocenters. The van der Waals surface area contributed by atoms with E-state index in [0.29, 0.717) is 12.3 Å². The molecule has 4 nitrogen and oxygen atoms in total. The highest BCUT2D eigenvalue weighted by atomic mass is 16.7. The number of rotatable bonds is 4. The highest BCUT2D eigenvalue weighted by Gasteiger charge is 2.68. The lowest BCUT2D eigenvalue weighted by Gasteiger charge is -2.30. The van der Waals surface area contributed by atoms with Gasteiger partial charge in [-0.15, -0.1) is 0 Å². The van der Waals surface area contributed by atoms with Gasteiger partial charge in [0.25, 0.3) is 5.79 Å². The zero-order valence-electron chi connectivity index (χ0n) is 11.0. The summed E-state index contributed by atoms with van der Waals surface area (Å²) < 4.78 is 11.1. The summed E-state index contributed by atoms with van der Waals surface area (Å²) in [7, 11) is 0. The SMILES string of the molecule is CCCC(C)C(=O)OC12CC3CC(C(=O)O1)C2C3. The topological polar surface area (TPSA) is 52.6 Å². The van der Waals surface area contributed by atoms with Gasteiger partial charge in [0, 0.05) is 6.42 Å². The molecule has 2 saturated carbocycles. The van der Waals surface area contributed by atoms with Gasteiger partial charge in [-0.05, 0) is 25.2 Å². The number of carbonyl (C=O) groups excluding carboxylic acids is 2. The molecule has 0 N–H and O–H groups in total. The maximum atomic E-state index is 12.0. The van der Waals surface area contributed by atoms with Crippen LogP contribution in [0.15, 0.2) is 0 Å². The molecule has 5 unspecified atom stereocenters. The molecule has 0 radical (unpaired) electrons. The predicted molar refractivity (Wildman–Crippen MR) is 63.3 cm³/mol. The minimum atomic E-state index is -0.899. The fourth-order valence-corrected chi connectivity index (χ4v) is 3.93. The van der Waals surface area contributed by atoms with Crippen molar-refractivity contribution in [3.05, 3.63) is 0 Å². The zero-order valence-corrected chi connectivity index (χ0v) is 11.0. The monoisotopic (exact) mass is 252 g/mol. The Hall–Kier alpha value is -1.06. The molecule has 18 heavy (non-hydrogen) atoms. The number of fused-ring (bicyclic) bond motifs is 1. The van der Waals surface area contributed by atoms with Crippen LogP contribution >= 0.6 is 0 Å². The number of hydrogen-bond donors (Lipinski definition) is 0. The van der Waals surface area contributed by atoms with Crippen LogP contribution in [0, 0.1) is 23.7 Å². The summed E-state index contributed by atoms with van der Waals surface area (Å²) in [6, 6.07) is 0. The molecule has 1 saturated heterocycles. The molecule has 0 spiro atoms. The highest BCUT2D eigenvalue weighted by Crippen LogP contribution is 2.60. The maximum absolute atomic E-state index is 12.0. The van der Waals surface area contributed by atoms with Crippen molar-refractivity contribution < 1.29 is 19.1 Å². The minimum Gasteiger partial charge on any atom is -0.422 e. The first-order chi connectivity index (χ1) is 8.55. The van der Waals surface area contributed by atoms with Gasteiger partial charge in [0.2, 0.25) is 0 Å². The number of ether oxygens (including phenoxy) is 2. The van der Waals surface area contributed by atoms with Crippen LogP contribution in [0.5, 0.6) is 0 Å². The molecule has 100 valence electrons. The molecule has 1 aliphatic heterocycles. The van der Waals surface area contributed by atoms with E-state index in [1.807, 2.05) is 13.8 Å². The number of carbonyl (C=O) groups is 2. The van der Waals surface area contributed by atoms with Gasteiger partial charge in [0.15, 0.2) is 0 Å². The summed E-state index contributed by atoms with van der Waals surface area (Å²) in [6.07, 6.45) is 4.39. The first-order valence-electron chi connectivity index (χ1n) is 7.01. The van der Waals surface area contributed by atoms with Crippen molar-refractivity contribution in [2.45, 2.75) is 51.7 Å². The van der Waals surface area contributed by atoms with E-state index in [1.165, 1.54) is 0 Å². The summed E-state index contributed by atoms with van der Waals surface area (Å²) in [5, 5.41) is 0. The second-order valence-corrected chi connectivity index (χ2v) is 6.10. The first-order valence-corrected chi connectivity index (χ1v) is 7.01. The zero-order chi connectivity index (χ0) is 12.9. The summed E-state index contributed by atoms with van der Waals surface area (Å²) in [6.45, 7) is 3.93. The van der Waals surface area contributed by atoms with Crippen molar-refractivity contribution >= 4 is 11.9 Å². The van der Waals surface area contributed by atoms with Gasteiger partial charge in [-0.3, -0.25) is 9.59 Å². The largest absolute Gasteiger partial charge is 0.422 e. The molecule has 0 amide bonds. The van der Waals surface area contributed by atoms with E-state index in [2.05, 4.69) is 0 Å². The van der Waals surface area contributed by atoms with Crippen LogP contribution in [0.3, 0.4) is 0 Å². The van der Waals surface area contributed by atoms with Gasteiger partial charge in [-0.1, -0.05) is 20.3 Å². The van der Waals surface area contributed by atoms with Gasteiger partial charge in [0.05, 0.1) is 17.8 Å². The van der Waals surface area contributed by atoms with E-state index >= 15 is 0 Å².